The minimum Gasteiger partial charge on any atom is -0.388 e. The van der Waals surface area contributed by atoms with Crippen LogP contribution in [0, 0.1) is 5.82 Å². The van der Waals surface area contributed by atoms with Crippen LogP contribution in [-0.2, 0) is 6.42 Å². The van der Waals surface area contributed by atoms with E-state index in [4.69, 9.17) is 0 Å². The number of aryl methyl sites for hydroxylation is 1. The molecule has 20 heavy (non-hydrogen) atoms. The number of nitrogens with zero attached hydrogens (tertiary/aromatic N) is 2. The molecule has 5 heteroatoms. The zero-order valence-corrected chi connectivity index (χ0v) is 12.4. The number of hydrogen-bond acceptors (Lipinski definition) is 4. The van der Waals surface area contributed by atoms with Crippen LogP contribution in [0.1, 0.15) is 29.5 Å². The van der Waals surface area contributed by atoms with Gasteiger partial charge in [-0.3, -0.25) is 0 Å². The first kappa shape index (κ1) is 13.5. The third-order valence-corrected chi connectivity index (χ3v) is 4.85. The maximum atomic E-state index is 14.2. The summed E-state index contributed by atoms with van der Waals surface area (Å²) in [6, 6.07) is 5.17. The van der Waals surface area contributed by atoms with Gasteiger partial charge in [0.15, 0.2) is 0 Å². The Balaban J connectivity index is 2.01. The fourth-order valence-corrected chi connectivity index (χ4v) is 3.63. The number of aliphatic hydroxyl groups is 1. The van der Waals surface area contributed by atoms with Crippen molar-refractivity contribution in [3.8, 4) is 10.6 Å². The minimum absolute atomic E-state index is 0.267. The van der Waals surface area contributed by atoms with Crippen LogP contribution in [0.2, 0.25) is 0 Å². The summed E-state index contributed by atoms with van der Waals surface area (Å²) < 4.78 is 14.2. The maximum absolute atomic E-state index is 14.2. The summed E-state index contributed by atoms with van der Waals surface area (Å²) in [7, 11) is 3.76. The molecule has 3 rings (SSSR count). The summed E-state index contributed by atoms with van der Waals surface area (Å²) in [6.45, 7) is 0. The predicted octanol–water partition coefficient (Wildman–Crippen LogP) is 3.38. The standard InChI is InChI=1S/C15H17FN2OS/c1-18(2)9-6-7-10(11(16)8-9)15-17-12-4-3-5-13(19)14(12)20-15/h6-8,13,19H,3-5H2,1-2H3. The van der Waals surface area contributed by atoms with Gasteiger partial charge < -0.3 is 10.0 Å². The zero-order chi connectivity index (χ0) is 14.3. The van der Waals surface area contributed by atoms with Gasteiger partial charge in [-0.25, -0.2) is 9.37 Å². The lowest BCUT2D eigenvalue weighted by Crippen LogP contribution is -2.08. The lowest BCUT2D eigenvalue weighted by molar-refractivity contribution is 0.160. The monoisotopic (exact) mass is 292 g/mol. The van der Waals surface area contributed by atoms with E-state index in [0.29, 0.717) is 10.6 Å². The molecule has 0 spiro atoms. The first-order valence-corrected chi connectivity index (χ1v) is 7.53. The normalized spacial score (nSPS) is 17.9. The molecule has 3 nitrogen and oxygen atoms in total. The van der Waals surface area contributed by atoms with Crippen LogP contribution in [0.4, 0.5) is 10.1 Å². The number of anilines is 1. The number of fused-ring (bicyclic) bond motifs is 1. The van der Waals surface area contributed by atoms with Gasteiger partial charge in [0.1, 0.15) is 10.8 Å². The Hall–Kier alpha value is -1.46. The van der Waals surface area contributed by atoms with Gasteiger partial charge >= 0.3 is 0 Å². The van der Waals surface area contributed by atoms with E-state index in [2.05, 4.69) is 4.98 Å². The van der Waals surface area contributed by atoms with E-state index in [1.807, 2.05) is 25.1 Å². The van der Waals surface area contributed by atoms with Crippen LogP contribution >= 0.6 is 11.3 Å². The Labute approximate surface area is 121 Å². The summed E-state index contributed by atoms with van der Waals surface area (Å²) in [5, 5.41) is 10.6. The number of hydrogen-bond donors (Lipinski definition) is 1. The van der Waals surface area contributed by atoms with Gasteiger partial charge in [0.2, 0.25) is 0 Å². The molecule has 0 aliphatic heterocycles. The van der Waals surface area contributed by atoms with Crippen molar-refractivity contribution in [1.82, 2.24) is 4.98 Å². The van der Waals surface area contributed by atoms with Crippen molar-refractivity contribution >= 4 is 17.0 Å². The maximum Gasteiger partial charge on any atom is 0.135 e. The molecule has 106 valence electrons. The van der Waals surface area contributed by atoms with E-state index in [9.17, 15) is 9.50 Å². The van der Waals surface area contributed by atoms with E-state index in [0.717, 1.165) is 35.5 Å². The van der Waals surface area contributed by atoms with Gasteiger partial charge in [-0.1, -0.05) is 0 Å². The first-order valence-electron chi connectivity index (χ1n) is 6.71. The highest BCUT2D eigenvalue weighted by Gasteiger charge is 2.24. The molecule has 1 aromatic heterocycles. The molecule has 0 fully saturated rings. The molecule has 1 atom stereocenters. The van der Waals surface area contributed by atoms with Crippen molar-refractivity contribution in [1.29, 1.82) is 0 Å². The van der Waals surface area contributed by atoms with Crippen LogP contribution in [0.3, 0.4) is 0 Å². The average molecular weight is 292 g/mol. The van der Waals surface area contributed by atoms with Crippen LogP contribution < -0.4 is 4.90 Å². The molecule has 1 aromatic carbocycles. The summed E-state index contributed by atoms with van der Waals surface area (Å²) in [6.07, 6.45) is 2.16. The van der Waals surface area contributed by atoms with Gasteiger partial charge in [0, 0.05) is 25.3 Å². The van der Waals surface area contributed by atoms with Crippen molar-refractivity contribution < 1.29 is 9.50 Å². The number of benzene rings is 1. The first-order chi connectivity index (χ1) is 9.56. The highest BCUT2D eigenvalue weighted by atomic mass is 32.1. The largest absolute Gasteiger partial charge is 0.388 e. The van der Waals surface area contributed by atoms with Crippen molar-refractivity contribution in [2.45, 2.75) is 25.4 Å². The number of aliphatic hydroxyl groups excluding tert-OH is 1. The van der Waals surface area contributed by atoms with E-state index >= 15 is 0 Å². The Morgan fingerprint density at radius 2 is 2.20 bits per heavy atom. The third kappa shape index (κ3) is 2.31. The van der Waals surface area contributed by atoms with Gasteiger partial charge in [-0.15, -0.1) is 11.3 Å². The van der Waals surface area contributed by atoms with Gasteiger partial charge in [0.05, 0.1) is 16.7 Å². The Morgan fingerprint density at radius 3 is 2.85 bits per heavy atom. The topological polar surface area (TPSA) is 36.4 Å². The van der Waals surface area contributed by atoms with Crippen LogP contribution in [0.5, 0.6) is 0 Å². The Morgan fingerprint density at radius 1 is 1.40 bits per heavy atom. The van der Waals surface area contributed by atoms with Crippen LogP contribution in [0.25, 0.3) is 10.6 Å². The molecule has 1 unspecified atom stereocenters. The SMILES string of the molecule is CN(C)c1ccc(-c2nc3c(s2)C(O)CCC3)c(F)c1. The molecule has 0 radical (unpaired) electrons. The second-order valence-electron chi connectivity index (χ2n) is 5.30. The molecule has 0 bridgehead atoms. The smallest absolute Gasteiger partial charge is 0.135 e. The highest BCUT2D eigenvalue weighted by molar-refractivity contribution is 7.15. The fourth-order valence-electron chi connectivity index (χ4n) is 2.47. The van der Waals surface area contributed by atoms with Gasteiger partial charge in [0.25, 0.3) is 0 Å². The molecule has 1 aliphatic carbocycles. The van der Waals surface area contributed by atoms with Crippen LogP contribution in [0.15, 0.2) is 18.2 Å². The number of halogens is 1. The zero-order valence-electron chi connectivity index (χ0n) is 11.6. The molecule has 1 heterocycles. The molecule has 1 aliphatic rings. The number of thiazole rings is 1. The van der Waals surface area contributed by atoms with Gasteiger partial charge in [-0.2, -0.15) is 0 Å². The second kappa shape index (κ2) is 5.14. The Kier molecular flexibility index (Phi) is 3.48. The summed E-state index contributed by atoms with van der Waals surface area (Å²) in [5.74, 6) is -0.267. The number of rotatable bonds is 2. The molecular formula is C15H17FN2OS. The summed E-state index contributed by atoms with van der Waals surface area (Å²) >= 11 is 1.41. The molecule has 2 aromatic rings. The van der Waals surface area contributed by atoms with Crippen LogP contribution in [-0.4, -0.2) is 24.2 Å². The van der Waals surface area contributed by atoms with Crippen molar-refractivity contribution in [2.75, 3.05) is 19.0 Å². The minimum atomic E-state index is -0.436. The number of aromatic nitrogens is 1. The van der Waals surface area contributed by atoms with Gasteiger partial charge in [-0.05, 0) is 37.5 Å². The Bertz CT molecular complexity index is 639. The molecule has 0 amide bonds. The lowest BCUT2D eigenvalue weighted by atomic mass is 10.0. The second-order valence-corrected chi connectivity index (χ2v) is 6.33. The predicted molar refractivity (Wildman–Crippen MR) is 79.7 cm³/mol. The fraction of sp³-hybridized carbons (Fsp3) is 0.400. The molecule has 1 N–H and O–H groups in total. The highest BCUT2D eigenvalue weighted by Crippen LogP contribution is 2.38. The van der Waals surface area contributed by atoms with Crippen molar-refractivity contribution in [3.05, 3.63) is 34.6 Å². The molecule has 0 saturated heterocycles. The van der Waals surface area contributed by atoms with E-state index in [-0.39, 0.29) is 5.82 Å². The quantitative estimate of drug-likeness (QED) is 0.922. The lowest BCUT2D eigenvalue weighted by Gasteiger charge is -2.14. The third-order valence-electron chi connectivity index (χ3n) is 3.62. The van der Waals surface area contributed by atoms with E-state index in [1.54, 1.807) is 6.07 Å². The van der Waals surface area contributed by atoms with Crippen molar-refractivity contribution in [2.24, 2.45) is 0 Å². The average Bonchev–Trinajstić information content (AvgIpc) is 2.83. The van der Waals surface area contributed by atoms with E-state index in [1.165, 1.54) is 17.4 Å². The molecule has 0 saturated carbocycles. The summed E-state index contributed by atoms with van der Waals surface area (Å²) in [4.78, 5) is 7.28. The van der Waals surface area contributed by atoms with Crippen molar-refractivity contribution in [3.63, 3.8) is 0 Å². The molecular weight excluding hydrogens is 275 g/mol. The summed E-state index contributed by atoms with van der Waals surface area (Å²) in [5.41, 5.74) is 2.27. The van der Waals surface area contributed by atoms with E-state index < -0.39 is 6.10 Å².